The van der Waals surface area contributed by atoms with Crippen LogP contribution in [0.4, 0.5) is 5.69 Å². The molecule has 0 aliphatic carbocycles. The van der Waals surface area contributed by atoms with E-state index in [1.807, 2.05) is 25.1 Å². The van der Waals surface area contributed by atoms with Gasteiger partial charge in [-0.05, 0) is 37.5 Å². The number of anilines is 1. The van der Waals surface area contributed by atoms with Crippen molar-refractivity contribution in [3.8, 4) is 0 Å². The third-order valence-electron chi connectivity index (χ3n) is 4.06. The number of carbonyl (C=O) groups is 1. The predicted octanol–water partition coefficient (Wildman–Crippen LogP) is 2.82. The number of aromatic nitrogens is 1. The molecule has 5 nitrogen and oxygen atoms in total. The molecule has 0 saturated carbocycles. The van der Waals surface area contributed by atoms with Gasteiger partial charge in [-0.1, -0.05) is 22.8 Å². The first-order valence-corrected chi connectivity index (χ1v) is 8.17. The van der Waals surface area contributed by atoms with Gasteiger partial charge >= 0.3 is 0 Å². The van der Waals surface area contributed by atoms with Crippen molar-refractivity contribution in [2.24, 2.45) is 5.92 Å². The average Bonchev–Trinajstić information content (AvgIpc) is 3.14. The molecule has 1 aromatic carbocycles. The summed E-state index contributed by atoms with van der Waals surface area (Å²) in [6, 6.07) is 9.68. The zero-order valence-electron chi connectivity index (χ0n) is 13.1. The van der Waals surface area contributed by atoms with Crippen LogP contribution < -0.4 is 10.2 Å². The lowest BCUT2D eigenvalue weighted by atomic mass is 10.1. The van der Waals surface area contributed by atoms with Crippen molar-refractivity contribution in [1.82, 2.24) is 10.5 Å². The smallest absolute Gasteiger partial charge is 0.227 e. The maximum Gasteiger partial charge on any atom is 0.227 e. The van der Waals surface area contributed by atoms with Crippen molar-refractivity contribution in [2.75, 3.05) is 24.5 Å². The van der Waals surface area contributed by atoms with Crippen molar-refractivity contribution < 1.29 is 9.32 Å². The van der Waals surface area contributed by atoms with Crippen LogP contribution in [0.3, 0.4) is 0 Å². The van der Waals surface area contributed by atoms with E-state index in [2.05, 4.69) is 21.4 Å². The lowest BCUT2D eigenvalue weighted by Crippen LogP contribution is -2.31. The third-order valence-corrected chi connectivity index (χ3v) is 4.29. The van der Waals surface area contributed by atoms with Crippen LogP contribution in [0.25, 0.3) is 0 Å². The predicted molar refractivity (Wildman–Crippen MR) is 89.7 cm³/mol. The van der Waals surface area contributed by atoms with E-state index in [0.29, 0.717) is 18.2 Å². The third kappa shape index (κ3) is 4.26. The van der Waals surface area contributed by atoms with Gasteiger partial charge in [-0.15, -0.1) is 0 Å². The molecule has 1 aliphatic heterocycles. The minimum Gasteiger partial charge on any atom is -0.371 e. The maximum absolute atomic E-state index is 11.9. The van der Waals surface area contributed by atoms with Crippen molar-refractivity contribution in [3.63, 3.8) is 0 Å². The number of nitrogens with one attached hydrogen (secondary N) is 1. The molecule has 1 aliphatic rings. The van der Waals surface area contributed by atoms with Gasteiger partial charge in [0.05, 0.1) is 12.1 Å². The number of aryl methyl sites for hydroxylation is 1. The molecule has 0 spiro atoms. The molecular formula is C17H20ClN3O2. The summed E-state index contributed by atoms with van der Waals surface area (Å²) in [4.78, 5) is 14.3. The molecule has 0 bridgehead atoms. The van der Waals surface area contributed by atoms with Crippen LogP contribution in [0, 0.1) is 12.8 Å². The molecule has 122 valence electrons. The number of rotatable bonds is 5. The van der Waals surface area contributed by atoms with Gasteiger partial charge in [0.2, 0.25) is 5.91 Å². The summed E-state index contributed by atoms with van der Waals surface area (Å²) in [5, 5.41) is 7.52. The Hall–Kier alpha value is -2.01. The zero-order chi connectivity index (χ0) is 16.2. The molecule has 2 heterocycles. The van der Waals surface area contributed by atoms with E-state index in [9.17, 15) is 4.79 Å². The second kappa shape index (κ2) is 7.04. The fraction of sp³-hybridized carbons (Fsp3) is 0.412. The average molecular weight is 334 g/mol. The fourth-order valence-corrected chi connectivity index (χ4v) is 3.07. The van der Waals surface area contributed by atoms with Crippen molar-refractivity contribution in [3.05, 3.63) is 46.8 Å². The van der Waals surface area contributed by atoms with Gasteiger partial charge in [-0.25, -0.2) is 0 Å². The highest BCUT2D eigenvalue weighted by molar-refractivity contribution is 6.30. The first-order chi connectivity index (χ1) is 11.1. The van der Waals surface area contributed by atoms with E-state index >= 15 is 0 Å². The molecule has 1 atom stereocenters. The quantitative estimate of drug-likeness (QED) is 0.914. The number of benzene rings is 1. The number of amides is 1. The minimum absolute atomic E-state index is 0.0256. The molecular weight excluding hydrogens is 314 g/mol. The van der Waals surface area contributed by atoms with Crippen LogP contribution in [0.1, 0.15) is 17.9 Å². The lowest BCUT2D eigenvalue weighted by Gasteiger charge is -2.19. The van der Waals surface area contributed by atoms with Crippen molar-refractivity contribution in [1.29, 1.82) is 0 Å². The molecule has 1 fully saturated rings. The highest BCUT2D eigenvalue weighted by atomic mass is 35.5. The summed E-state index contributed by atoms with van der Waals surface area (Å²) in [6.07, 6.45) is 1.31. The number of nitrogens with zero attached hydrogens (tertiary/aromatic N) is 2. The summed E-state index contributed by atoms with van der Waals surface area (Å²) in [6.45, 7) is 4.45. The molecule has 6 heteroatoms. The highest BCUT2D eigenvalue weighted by Gasteiger charge is 2.23. The van der Waals surface area contributed by atoms with E-state index < -0.39 is 0 Å². The van der Waals surface area contributed by atoms with Gasteiger partial charge in [0.25, 0.3) is 0 Å². The molecule has 1 saturated heterocycles. The Kier molecular flexibility index (Phi) is 4.86. The second-order valence-corrected chi connectivity index (χ2v) is 6.43. The largest absolute Gasteiger partial charge is 0.371 e. The molecule has 23 heavy (non-hydrogen) atoms. The summed E-state index contributed by atoms with van der Waals surface area (Å²) in [7, 11) is 0. The van der Waals surface area contributed by atoms with E-state index in [1.165, 1.54) is 0 Å². The Morgan fingerprint density at radius 3 is 3.09 bits per heavy atom. The Labute approximate surface area is 140 Å². The number of carbonyl (C=O) groups excluding carboxylic acids is 1. The van der Waals surface area contributed by atoms with Gasteiger partial charge in [0.1, 0.15) is 5.76 Å². The zero-order valence-corrected chi connectivity index (χ0v) is 13.8. The number of halogens is 1. The molecule has 3 rings (SSSR count). The normalized spacial score (nSPS) is 17.5. The second-order valence-electron chi connectivity index (χ2n) is 6.00. The van der Waals surface area contributed by atoms with Gasteiger partial charge in [-0.2, -0.15) is 0 Å². The first-order valence-electron chi connectivity index (χ1n) is 7.79. The summed E-state index contributed by atoms with van der Waals surface area (Å²) in [5.74, 6) is 1.03. The van der Waals surface area contributed by atoms with Gasteiger partial charge in [-0.3, -0.25) is 4.79 Å². The summed E-state index contributed by atoms with van der Waals surface area (Å²) in [5.41, 5.74) is 1.93. The molecule has 2 aromatic rings. The van der Waals surface area contributed by atoms with E-state index in [0.717, 1.165) is 35.9 Å². The van der Waals surface area contributed by atoms with Crippen LogP contribution in [-0.2, 0) is 11.2 Å². The molecule has 1 N–H and O–H groups in total. The molecule has 1 aromatic heterocycles. The standard InChI is InChI=1S/C17H20ClN3O2/c1-12-7-16(23-20-12)9-17(22)19-10-13-5-6-21(11-13)15-4-2-3-14(18)8-15/h2-4,7-8,13H,5-6,9-11H2,1H3,(H,19,22). The fourth-order valence-electron chi connectivity index (χ4n) is 2.89. The summed E-state index contributed by atoms with van der Waals surface area (Å²) < 4.78 is 5.06. The Bertz CT molecular complexity index is 686. The summed E-state index contributed by atoms with van der Waals surface area (Å²) >= 11 is 6.04. The van der Waals surface area contributed by atoms with Crippen LogP contribution >= 0.6 is 11.6 Å². The monoisotopic (exact) mass is 333 g/mol. The van der Waals surface area contributed by atoms with Crippen molar-refractivity contribution >= 4 is 23.2 Å². The van der Waals surface area contributed by atoms with Crippen molar-refractivity contribution in [2.45, 2.75) is 19.8 Å². The van der Waals surface area contributed by atoms with E-state index in [1.54, 1.807) is 6.07 Å². The Morgan fingerprint density at radius 1 is 1.48 bits per heavy atom. The Morgan fingerprint density at radius 2 is 2.35 bits per heavy atom. The Balaban J connectivity index is 1.46. The van der Waals surface area contributed by atoms with E-state index in [4.69, 9.17) is 16.1 Å². The van der Waals surface area contributed by atoms with Gasteiger partial charge in [0, 0.05) is 36.4 Å². The molecule has 1 amide bonds. The maximum atomic E-state index is 11.9. The topological polar surface area (TPSA) is 58.4 Å². The molecule has 1 unspecified atom stereocenters. The number of hydrogen-bond donors (Lipinski definition) is 1. The first kappa shape index (κ1) is 15.9. The number of hydrogen-bond acceptors (Lipinski definition) is 4. The van der Waals surface area contributed by atoms with Crippen LogP contribution in [0.5, 0.6) is 0 Å². The highest BCUT2D eigenvalue weighted by Crippen LogP contribution is 2.25. The van der Waals surface area contributed by atoms with Crippen LogP contribution in [-0.4, -0.2) is 30.7 Å². The molecule has 0 radical (unpaired) electrons. The van der Waals surface area contributed by atoms with E-state index in [-0.39, 0.29) is 12.3 Å². The lowest BCUT2D eigenvalue weighted by molar-refractivity contribution is -0.120. The van der Waals surface area contributed by atoms with Gasteiger partial charge < -0.3 is 14.7 Å². The van der Waals surface area contributed by atoms with Gasteiger partial charge in [0.15, 0.2) is 0 Å². The SMILES string of the molecule is Cc1cc(CC(=O)NCC2CCN(c3cccc(Cl)c3)C2)on1. The van der Waals surface area contributed by atoms with Crippen LogP contribution in [0.2, 0.25) is 5.02 Å². The van der Waals surface area contributed by atoms with Crippen LogP contribution in [0.15, 0.2) is 34.9 Å². The minimum atomic E-state index is -0.0256.